The molecular weight excluding hydrogens is 262 g/mol. The summed E-state index contributed by atoms with van der Waals surface area (Å²) in [5.74, 6) is -1.36. The second kappa shape index (κ2) is 6.65. The van der Waals surface area contributed by atoms with Gasteiger partial charge >= 0.3 is 0 Å². The number of hydrogen-bond donors (Lipinski definition) is 2. The predicted molar refractivity (Wildman–Crippen MR) is 73.1 cm³/mol. The molecule has 0 saturated heterocycles. The van der Waals surface area contributed by atoms with Crippen LogP contribution >= 0.6 is 0 Å². The van der Waals surface area contributed by atoms with Gasteiger partial charge in [0.25, 0.3) is 0 Å². The number of nitrogens with one attached hydrogen (secondary N) is 2. The molecule has 20 heavy (non-hydrogen) atoms. The van der Waals surface area contributed by atoms with Crippen LogP contribution in [0.4, 0.5) is 14.5 Å². The second-order valence-electron chi connectivity index (χ2n) is 4.23. The normalized spacial score (nSPS) is 10.1. The number of hydrogen-bond acceptors (Lipinski definition) is 2. The van der Waals surface area contributed by atoms with Crippen LogP contribution in [0.25, 0.3) is 0 Å². The van der Waals surface area contributed by atoms with E-state index in [1.54, 1.807) is 0 Å². The predicted octanol–water partition coefficient (Wildman–Crippen LogP) is 2.69. The van der Waals surface area contributed by atoms with Gasteiger partial charge in [0.1, 0.15) is 11.6 Å². The molecule has 1 amide bonds. The third kappa shape index (κ3) is 4.05. The van der Waals surface area contributed by atoms with Crippen molar-refractivity contribution in [1.82, 2.24) is 5.32 Å². The van der Waals surface area contributed by atoms with Gasteiger partial charge in [0.05, 0.1) is 6.54 Å². The molecule has 2 aromatic rings. The maximum atomic E-state index is 13.3. The lowest BCUT2D eigenvalue weighted by atomic mass is 10.2. The van der Waals surface area contributed by atoms with Crippen LogP contribution < -0.4 is 10.6 Å². The average Bonchev–Trinajstić information content (AvgIpc) is 2.47. The van der Waals surface area contributed by atoms with Crippen molar-refractivity contribution in [1.29, 1.82) is 0 Å². The van der Waals surface area contributed by atoms with Gasteiger partial charge in [-0.25, -0.2) is 8.78 Å². The third-order valence-corrected chi connectivity index (χ3v) is 2.71. The van der Waals surface area contributed by atoms with E-state index in [0.717, 1.165) is 23.9 Å². The van der Waals surface area contributed by atoms with E-state index in [0.29, 0.717) is 0 Å². The van der Waals surface area contributed by atoms with E-state index in [1.807, 2.05) is 30.3 Å². The Morgan fingerprint density at radius 2 is 1.80 bits per heavy atom. The van der Waals surface area contributed by atoms with Crippen molar-refractivity contribution in [3.05, 3.63) is 65.7 Å². The molecular formula is C15H14F2N2O. The molecule has 0 heterocycles. The molecule has 0 saturated carbocycles. The first-order valence-electron chi connectivity index (χ1n) is 6.15. The molecule has 3 nitrogen and oxygen atoms in total. The van der Waals surface area contributed by atoms with Crippen LogP contribution in [0.15, 0.2) is 48.5 Å². The van der Waals surface area contributed by atoms with E-state index < -0.39 is 11.6 Å². The number of benzene rings is 2. The van der Waals surface area contributed by atoms with Crippen molar-refractivity contribution in [3.8, 4) is 0 Å². The first-order chi connectivity index (χ1) is 9.65. The van der Waals surface area contributed by atoms with Crippen molar-refractivity contribution in [2.45, 2.75) is 6.54 Å². The minimum absolute atomic E-state index is 0.0428. The average molecular weight is 276 g/mol. The highest BCUT2D eigenvalue weighted by molar-refractivity contribution is 5.80. The van der Waals surface area contributed by atoms with Gasteiger partial charge in [0.2, 0.25) is 5.91 Å². The SMILES string of the molecule is O=C(CNc1ccccc1)NCc1cc(F)ccc1F. The number of carbonyl (C=O) groups excluding carboxylic acids is 1. The maximum Gasteiger partial charge on any atom is 0.239 e. The zero-order chi connectivity index (χ0) is 14.4. The Hall–Kier alpha value is -2.43. The molecule has 2 aromatic carbocycles. The van der Waals surface area contributed by atoms with Gasteiger partial charge in [0.15, 0.2) is 0 Å². The number of anilines is 1. The largest absolute Gasteiger partial charge is 0.376 e. The summed E-state index contributed by atoms with van der Waals surface area (Å²) in [5, 5.41) is 5.46. The van der Waals surface area contributed by atoms with Gasteiger partial charge in [-0.3, -0.25) is 4.79 Å². The maximum absolute atomic E-state index is 13.3. The van der Waals surface area contributed by atoms with Crippen LogP contribution in [0, 0.1) is 11.6 Å². The summed E-state index contributed by atoms with van der Waals surface area (Å²) in [6.07, 6.45) is 0. The van der Waals surface area contributed by atoms with Gasteiger partial charge in [-0.1, -0.05) is 18.2 Å². The molecule has 0 bridgehead atoms. The fourth-order valence-electron chi connectivity index (χ4n) is 1.67. The highest BCUT2D eigenvalue weighted by Crippen LogP contribution is 2.09. The van der Waals surface area contributed by atoms with E-state index in [1.165, 1.54) is 0 Å². The van der Waals surface area contributed by atoms with E-state index in [2.05, 4.69) is 10.6 Å². The molecule has 0 radical (unpaired) electrons. The van der Waals surface area contributed by atoms with Crippen molar-refractivity contribution in [2.75, 3.05) is 11.9 Å². The summed E-state index contributed by atoms with van der Waals surface area (Å²) in [7, 11) is 0. The van der Waals surface area contributed by atoms with Crippen LogP contribution in [0.2, 0.25) is 0 Å². The van der Waals surface area contributed by atoms with Gasteiger partial charge < -0.3 is 10.6 Å². The molecule has 0 unspecified atom stereocenters. The first-order valence-corrected chi connectivity index (χ1v) is 6.15. The van der Waals surface area contributed by atoms with Crippen molar-refractivity contribution in [2.24, 2.45) is 0 Å². The Morgan fingerprint density at radius 1 is 1.05 bits per heavy atom. The van der Waals surface area contributed by atoms with Crippen LogP contribution in [0.3, 0.4) is 0 Å². The van der Waals surface area contributed by atoms with Crippen molar-refractivity contribution in [3.63, 3.8) is 0 Å². The monoisotopic (exact) mass is 276 g/mol. The molecule has 0 aliphatic heterocycles. The van der Waals surface area contributed by atoms with E-state index in [4.69, 9.17) is 0 Å². The fourth-order valence-corrected chi connectivity index (χ4v) is 1.67. The summed E-state index contributed by atoms with van der Waals surface area (Å²) >= 11 is 0. The molecule has 2 rings (SSSR count). The highest BCUT2D eigenvalue weighted by atomic mass is 19.1. The van der Waals surface area contributed by atoms with Crippen LogP contribution in [-0.4, -0.2) is 12.5 Å². The Morgan fingerprint density at radius 3 is 2.55 bits per heavy atom. The highest BCUT2D eigenvalue weighted by Gasteiger charge is 2.06. The lowest BCUT2D eigenvalue weighted by Gasteiger charge is -2.08. The zero-order valence-corrected chi connectivity index (χ0v) is 10.7. The summed E-state index contributed by atoms with van der Waals surface area (Å²) in [6.45, 7) is 0.0276. The first kappa shape index (κ1) is 14.0. The van der Waals surface area contributed by atoms with Crippen LogP contribution in [0.1, 0.15) is 5.56 Å². The van der Waals surface area contributed by atoms with Gasteiger partial charge in [-0.15, -0.1) is 0 Å². The quantitative estimate of drug-likeness (QED) is 0.881. The molecule has 104 valence electrons. The molecule has 0 aliphatic carbocycles. The summed E-state index contributed by atoms with van der Waals surface area (Å²) in [4.78, 5) is 11.6. The van der Waals surface area contributed by atoms with Crippen molar-refractivity contribution >= 4 is 11.6 Å². The summed E-state index contributed by atoms with van der Waals surface area (Å²) in [5.41, 5.74) is 0.942. The van der Waals surface area contributed by atoms with E-state index >= 15 is 0 Å². The molecule has 0 aliphatic rings. The molecule has 0 spiro atoms. The minimum atomic E-state index is -0.539. The molecule has 2 N–H and O–H groups in total. The van der Waals surface area contributed by atoms with Gasteiger partial charge in [-0.2, -0.15) is 0 Å². The number of rotatable bonds is 5. The fraction of sp³-hybridized carbons (Fsp3) is 0.133. The molecule has 0 atom stereocenters. The third-order valence-electron chi connectivity index (χ3n) is 2.71. The molecule has 5 heteroatoms. The van der Waals surface area contributed by atoms with Crippen LogP contribution in [0.5, 0.6) is 0 Å². The topological polar surface area (TPSA) is 41.1 Å². The number of carbonyl (C=O) groups is 1. The Kier molecular flexibility index (Phi) is 4.65. The minimum Gasteiger partial charge on any atom is -0.376 e. The van der Waals surface area contributed by atoms with E-state index in [-0.39, 0.29) is 24.6 Å². The number of para-hydroxylation sites is 1. The lowest BCUT2D eigenvalue weighted by molar-refractivity contribution is -0.119. The molecule has 0 aromatic heterocycles. The molecule has 0 fully saturated rings. The number of amides is 1. The smallest absolute Gasteiger partial charge is 0.239 e. The Balaban J connectivity index is 1.82. The lowest BCUT2D eigenvalue weighted by Crippen LogP contribution is -2.29. The zero-order valence-electron chi connectivity index (χ0n) is 10.7. The van der Waals surface area contributed by atoms with Crippen molar-refractivity contribution < 1.29 is 13.6 Å². The standard InChI is InChI=1S/C15H14F2N2O/c16-12-6-7-14(17)11(8-12)9-19-15(20)10-18-13-4-2-1-3-5-13/h1-8,18H,9-10H2,(H,19,20). The van der Waals surface area contributed by atoms with Gasteiger partial charge in [-0.05, 0) is 30.3 Å². The summed E-state index contributed by atoms with van der Waals surface area (Å²) < 4.78 is 26.3. The number of halogens is 2. The summed E-state index contributed by atoms with van der Waals surface area (Å²) in [6, 6.07) is 12.4. The Bertz CT molecular complexity index is 588. The second-order valence-corrected chi connectivity index (χ2v) is 4.23. The Labute approximate surface area is 115 Å². The van der Waals surface area contributed by atoms with E-state index in [9.17, 15) is 13.6 Å². The van der Waals surface area contributed by atoms with Gasteiger partial charge in [0, 0.05) is 17.8 Å². The van der Waals surface area contributed by atoms with Crippen LogP contribution in [-0.2, 0) is 11.3 Å².